The number of aliphatic carboxylic acids is 1. The number of nitrogens with zero attached hydrogens (tertiary/aromatic N) is 1. The van der Waals surface area contributed by atoms with Crippen molar-refractivity contribution in [1.82, 2.24) is 14.3 Å². The second kappa shape index (κ2) is 17.1. The summed E-state index contributed by atoms with van der Waals surface area (Å²) in [6.45, 7) is 4.08. The minimum absolute atomic E-state index is 0.00215. The fourth-order valence-corrected chi connectivity index (χ4v) is 9.43. The maximum Gasteiger partial charge on any atom is 0.322 e. The average molecular weight is 728 g/mol. The van der Waals surface area contributed by atoms with E-state index >= 15 is 0 Å². The Bertz CT molecular complexity index is 1830. The molecule has 0 aliphatic rings. The fourth-order valence-electron chi connectivity index (χ4n) is 4.53. The van der Waals surface area contributed by atoms with Gasteiger partial charge in [-0.3, -0.25) is 9.59 Å². The molecule has 0 aliphatic heterocycles. The molecule has 0 saturated heterocycles. The molecular weight excluding hydrogens is 691 g/mol. The predicted molar refractivity (Wildman–Crippen MR) is 190 cm³/mol. The third-order valence-electron chi connectivity index (χ3n) is 7.15. The molecule has 0 fully saturated rings. The number of hydrogen-bond acceptors (Lipinski definition) is 8. The van der Waals surface area contributed by atoms with Gasteiger partial charge in [0.1, 0.15) is 12.1 Å². The van der Waals surface area contributed by atoms with Crippen molar-refractivity contribution in [2.24, 2.45) is 0 Å². The molecular formula is C34H37N3O7S4. The normalized spacial score (nSPS) is 13.0. The van der Waals surface area contributed by atoms with Crippen molar-refractivity contribution in [3.8, 4) is 0 Å². The first-order valence-electron chi connectivity index (χ1n) is 14.9. The SMILES string of the molecule is Cc1ccc(S(=O)(=O)N[C@@H](CSSC[C@H](NS(=O)(=O)c2ccc(C)cc2)C(=O)N(Cc2ccccc2)Cc2ccccc2)C(=O)O)cc1. The van der Waals surface area contributed by atoms with Gasteiger partial charge in [0.2, 0.25) is 26.0 Å². The summed E-state index contributed by atoms with van der Waals surface area (Å²) in [5, 5.41) is 9.77. The summed E-state index contributed by atoms with van der Waals surface area (Å²) < 4.78 is 57.5. The quantitative estimate of drug-likeness (QED) is 0.101. The van der Waals surface area contributed by atoms with Crippen LogP contribution in [0.4, 0.5) is 0 Å². The number of carboxylic acids is 1. The number of amides is 1. The molecule has 254 valence electrons. The Hall–Kier alpha value is -3.66. The van der Waals surface area contributed by atoms with Crippen LogP contribution in [0.1, 0.15) is 22.3 Å². The van der Waals surface area contributed by atoms with Crippen LogP contribution in [0.15, 0.2) is 119 Å². The maximum absolute atomic E-state index is 14.2. The van der Waals surface area contributed by atoms with E-state index in [1.54, 1.807) is 36.1 Å². The van der Waals surface area contributed by atoms with Crippen molar-refractivity contribution >= 4 is 53.5 Å². The van der Waals surface area contributed by atoms with Crippen LogP contribution >= 0.6 is 21.6 Å². The first-order valence-corrected chi connectivity index (χ1v) is 20.3. The lowest BCUT2D eigenvalue weighted by Gasteiger charge is -2.28. The molecule has 0 radical (unpaired) electrons. The lowest BCUT2D eigenvalue weighted by atomic mass is 10.1. The third-order valence-corrected chi connectivity index (χ3v) is 12.5. The molecule has 0 aliphatic carbocycles. The van der Waals surface area contributed by atoms with Crippen molar-refractivity contribution in [2.45, 2.75) is 48.8 Å². The number of sulfonamides is 2. The van der Waals surface area contributed by atoms with Gasteiger partial charge in [-0.25, -0.2) is 16.8 Å². The largest absolute Gasteiger partial charge is 0.480 e. The van der Waals surface area contributed by atoms with E-state index in [9.17, 15) is 31.5 Å². The van der Waals surface area contributed by atoms with Crippen molar-refractivity contribution in [3.05, 3.63) is 131 Å². The molecule has 10 nitrogen and oxygen atoms in total. The Labute approximate surface area is 289 Å². The highest BCUT2D eigenvalue weighted by atomic mass is 33.1. The monoisotopic (exact) mass is 727 g/mol. The Morgan fingerprint density at radius 1 is 0.625 bits per heavy atom. The van der Waals surface area contributed by atoms with E-state index in [4.69, 9.17) is 0 Å². The maximum atomic E-state index is 14.2. The number of nitrogens with one attached hydrogen (secondary N) is 2. The van der Waals surface area contributed by atoms with Gasteiger partial charge in [0, 0.05) is 24.6 Å². The van der Waals surface area contributed by atoms with E-state index in [1.807, 2.05) is 67.6 Å². The van der Waals surface area contributed by atoms with Crippen LogP contribution in [0.2, 0.25) is 0 Å². The Morgan fingerprint density at radius 2 is 1.00 bits per heavy atom. The topological polar surface area (TPSA) is 150 Å². The molecule has 4 aromatic carbocycles. The van der Waals surface area contributed by atoms with Crippen LogP contribution in [0.5, 0.6) is 0 Å². The van der Waals surface area contributed by atoms with E-state index in [0.29, 0.717) is 0 Å². The number of hydrogen-bond donors (Lipinski definition) is 3. The molecule has 2 atom stereocenters. The smallest absolute Gasteiger partial charge is 0.322 e. The lowest BCUT2D eigenvalue weighted by Crippen LogP contribution is -2.49. The van der Waals surface area contributed by atoms with Crippen molar-refractivity contribution in [3.63, 3.8) is 0 Å². The number of carbonyl (C=O) groups excluding carboxylic acids is 1. The Kier molecular flexibility index (Phi) is 13.3. The van der Waals surface area contributed by atoms with Crippen LogP contribution < -0.4 is 9.44 Å². The van der Waals surface area contributed by atoms with Gasteiger partial charge in [0.25, 0.3) is 0 Å². The molecule has 0 heterocycles. The number of carboxylic acid groups (broad SMARTS) is 1. The van der Waals surface area contributed by atoms with Gasteiger partial charge >= 0.3 is 5.97 Å². The van der Waals surface area contributed by atoms with E-state index in [0.717, 1.165) is 43.8 Å². The molecule has 0 saturated carbocycles. The standard InChI is InChI=1S/C34H37N3O7S4/c1-25-13-17-29(18-14-25)47(41,42)35-31(33(38)37(21-27-9-5-3-6-10-27)22-28-11-7-4-8-12-28)23-45-46-24-32(34(39)40)36-48(43,44)30-19-15-26(2)16-20-30/h3-20,31-32,35-36H,21-24H2,1-2H3,(H,39,40)/t31-,32-/m0/s1. The molecule has 4 aromatic rings. The molecule has 48 heavy (non-hydrogen) atoms. The summed E-state index contributed by atoms with van der Waals surface area (Å²) in [5.74, 6) is -2.09. The zero-order valence-electron chi connectivity index (χ0n) is 26.4. The number of aryl methyl sites for hydroxylation is 2. The zero-order chi connectivity index (χ0) is 34.7. The first kappa shape index (κ1) is 37.2. The number of carbonyl (C=O) groups is 2. The summed E-state index contributed by atoms with van der Waals surface area (Å²) in [6, 6.07) is 28.2. The zero-order valence-corrected chi connectivity index (χ0v) is 29.6. The van der Waals surface area contributed by atoms with Crippen LogP contribution in [0, 0.1) is 13.8 Å². The van der Waals surface area contributed by atoms with Gasteiger partial charge in [0.05, 0.1) is 9.79 Å². The van der Waals surface area contributed by atoms with E-state index in [1.165, 1.54) is 24.3 Å². The van der Waals surface area contributed by atoms with Gasteiger partial charge in [0.15, 0.2) is 0 Å². The molecule has 0 spiro atoms. The van der Waals surface area contributed by atoms with Crippen molar-refractivity contribution in [2.75, 3.05) is 11.5 Å². The van der Waals surface area contributed by atoms with Gasteiger partial charge in [-0.1, -0.05) is 118 Å². The summed E-state index contributed by atoms with van der Waals surface area (Å²) in [4.78, 5) is 27.7. The molecule has 14 heteroatoms. The van der Waals surface area contributed by atoms with E-state index in [2.05, 4.69) is 9.44 Å². The highest BCUT2D eigenvalue weighted by Crippen LogP contribution is 2.26. The van der Waals surface area contributed by atoms with Gasteiger partial charge in [-0.2, -0.15) is 9.44 Å². The lowest BCUT2D eigenvalue weighted by molar-refractivity contribution is -0.138. The molecule has 1 amide bonds. The van der Waals surface area contributed by atoms with E-state index in [-0.39, 0.29) is 34.4 Å². The van der Waals surface area contributed by atoms with Crippen molar-refractivity contribution < 1.29 is 31.5 Å². The highest BCUT2D eigenvalue weighted by molar-refractivity contribution is 8.76. The fraction of sp³-hybridized carbons (Fsp3) is 0.235. The summed E-state index contributed by atoms with van der Waals surface area (Å²) >= 11 is 0. The Morgan fingerprint density at radius 3 is 1.40 bits per heavy atom. The number of benzene rings is 4. The summed E-state index contributed by atoms with van der Waals surface area (Å²) in [6.07, 6.45) is 0. The third kappa shape index (κ3) is 10.9. The minimum atomic E-state index is -4.13. The van der Waals surface area contributed by atoms with E-state index < -0.39 is 44.0 Å². The molecule has 0 unspecified atom stereocenters. The van der Waals surface area contributed by atoms with Gasteiger partial charge in [-0.15, -0.1) is 0 Å². The van der Waals surface area contributed by atoms with Crippen molar-refractivity contribution in [1.29, 1.82) is 0 Å². The first-order chi connectivity index (χ1) is 22.8. The molecule has 0 aromatic heterocycles. The summed E-state index contributed by atoms with van der Waals surface area (Å²) in [7, 11) is -6.16. The highest BCUT2D eigenvalue weighted by Gasteiger charge is 2.31. The second-order valence-corrected chi connectivity index (χ2v) is 17.0. The summed E-state index contributed by atoms with van der Waals surface area (Å²) in [5.41, 5.74) is 3.43. The van der Waals surface area contributed by atoms with Crippen LogP contribution in [0.25, 0.3) is 0 Å². The van der Waals surface area contributed by atoms with Gasteiger partial charge in [-0.05, 0) is 49.2 Å². The molecule has 3 N–H and O–H groups in total. The van der Waals surface area contributed by atoms with Gasteiger partial charge < -0.3 is 10.0 Å². The number of rotatable bonds is 17. The average Bonchev–Trinajstić information content (AvgIpc) is 3.06. The van der Waals surface area contributed by atoms with Crippen LogP contribution in [-0.2, 0) is 42.7 Å². The second-order valence-electron chi connectivity index (χ2n) is 11.0. The minimum Gasteiger partial charge on any atom is -0.480 e. The van der Waals surface area contributed by atoms with Crippen LogP contribution in [-0.4, -0.2) is 62.3 Å². The molecule has 4 rings (SSSR count). The Balaban J connectivity index is 1.54. The van der Waals surface area contributed by atoms with Crippen LogP contribution in [0.3, 0.4) is 0 Å². The molecule has 0 bridgehead atoms. The predicted octanol–water partition coefficient (Wildman–Crippen LogP) is 4.99.